The molecule has 1 saturated carbocycles. The summed E-state index contributed by atoms with van der Waals surface area (Å²) in [6.45, 7) is 1.44. The van der Waals surface area contributed by atoms with Crippen LogP contribution in [0.1, 0.15) is 32.1 Å². The molecule has 13 heavy (non-hydrogen) atoms. The molecular weight excluding hydrogens is 166 g/mol. The van der Waals surface area contributed by atoms with Crippen LogP contribution in [0.25, 0.3) is 0 Å². The fraction of sp³-hybridized carbons (Fsp3) is 0.700. The second-order valence-corrected chi connectivity index (χ2v) is 3.64. The number of hydrogen-bond acceptors (Lipinski definition) is 2. The van der Waals surface area contributed by atoms with Crippen molar-refractivity contribution < 1.29 is 9.63 Å². The SMILES string of the molecule is O=C(C=C1CCC1)N1CCCCO1. The van der Waals surface area contributed by atoms with Gasteiger partial charge in [-0.1, -0.05) is 5.57 Å². The van der Waals surface area contributed by atoms with Crippen molar-refractivity contribution in [1.29, 1.82) is 0 Å². The monoisotopic (exact) mass is 181 g/mol. The molecule has 2 rings (SSSR count). The van der Waals surface area contributed by atoms with Crippen LogP contribution in [0.15, 0.2) is 11.6 Å². The van der Waals surface area contributed by atoms with E-state index in [1.165, 1.54) is 17.1 Å². The summed E-state index contributed by atoms with van der Waals surface area (Å²) in [7, 11) is 0. The minimum atomic E-state index is 0.0365. The molecule has 0 bridgehead atoms. The molecule has 2 aliphatic rings. The van der Waals surface area contributed by atoms with Gasteiger partial charge in [-0.3, -0.25) is 9.63 Å². The topological polar surface area (TPSA) is 29.5 Å². The first-order chi connectivity index (χ1) is 6.36. The fourth-order valence-electron chi connectivity index (χ4n) is 1.54. The summed E-state index contributed by atoms with van der Waals surface area (Å²) in [5, 5.41) is 1.49. The van der Waals surface area contributed by atoms with Crippen molar-refractivity contribution in [3.63, 3.8) is 0 Å². The summed E-state index contributed by atoms with van der Waals surface area (Å²) < 4.78 is 0. The first kappa shape index (κ1) is 8.75. The van der Waals surface area contributed by atoms with Crippen molar-refractivity contribution in [2.24, 2.45) is 0 Å². The molecule has 1 amide bonds. The highest BCUT2D eigenvalue weighted by atomic mass is 16.7. The molecule has 1 heterocycles. The van der Waals surface area contributed by atoms with E-state index in [2.05, 4.69) is 0 Å². The Bertz CT molecular complexity index is 223. The third-order valence-corrected chi connectivity index (χ3v) is 2.57. The number of hydrogen-bond donors (Lipinski definition) is 0. The number of amides is 1. The second kappa shape index (κ2) is 3.92. The van der Waals surface area contributed by atoms with E-state index in [4.69, 9.17) is 4.84 Å². The lowest BCUT2D eigenvalue weighted by molar-refractivity contribution is -0.191. The maximum absolute atomic E-state index is 11.5. The standard InChI is InChI=1S/C10H15NO2/c12-10(8-9-4-3-5-9)11-6-1-2-7-13-11/h8H,1-7H2. The molecule has 3 nitrogen and oxygen atoms in total. The summed E-state index contributed by atoms with van der Waals surface area (Å²) in [6, 6.07) is 0. The van der Waals surface area contributed by atoms with Crippen molar-refractivity contribution in [1.82, 2.24) is 5.06 Å². The number of rotatable bonds is 1. The van der Waals surface area contributed by atoms with Crippen LogP contribution in [0.5, 0.6) is 0 Å². The van der Waals surface area contributed by atoms with Crippen LogP contribution in [-0.4, -0.2) is 24.1 Å². The van der Waals surface area contributed by atoms with Crippen LogP contribution < -0.4 is 0 Å². The Kier molecular flexibility index (Phi) is 2.64. The summed E-state index contributed by atoms with van der Waals surface area (Å²) in [5.41, 5.74) is 1.28. The van der Waals surface area contributed by atoms with Crippen LogP contribution in [0.4, 0.5) is 0 Å². The van der Waals surface area contributed by atoms with Crippen LogP contribution in [0.2, 0.25) is 0 Å². The summed E-state index contributed by atoms with van der Waals surface area (Å²) in [4.78, 5) is 16.8. The first-order valence-corrected chi connectivity index (χ1v) is 5.00. The van der Waals surface area contributed by atoms with Crippen molar-refractivity contribution in [2.75, 3.05) is 13.2 Å². The van der Waals surface area contributed by atoms with Crippen molar-refractivity contribution in [3.8, 4) is 0 Å². The molecule has 0 unspecified atom stereocenters. The molecule has 0 radical (unpaired) electrons. The lowest BCUT2D eigenvalue weighted by Gasteiger charge is -2.25. The minimum absolute atomic E-state index is 0.0365. The zero-order valence-electron chi connectivity index (χ0n) is 7.79. The highest BCUT2D eigenvalue weighted by molar-refractivity contribution is 5.87. The number of carbonyl (C=O) groups is 1. The number of hydroxylamine groups is 2. The minimum Gasteiger partial charge on any atom is -0.271 e. The van der Waals surface area contributed by atoms with Crippen molar-refractivity contribution in [2.45, 2.75) is 32.1 Å². The highest BCUT2D eigenvalue weighted by Crippen LogP contribution is 2.25. The maximum atomic E-state index is 11.5. The highest BCUT2D eigenvalue weighted by Gasteiger charge is 2.17. The lowest BCUT2D eigenvalue weighted by Crippen LogP contribution is -2.34. The number of allylic oxidation sites excluding steroid dienone is 1. The van der Waals surface area contributed by atoms with Gasteiger partial charge < -0.3 is 0 Å². The van der Waals surface area contributed by atoms with Gasteiger partial charge in [0.1, 0.15) is 0 Å². The Hall–Kier alpha value is -0.830. The third-order valence-electron chi connectivity index (χ3n) is 2.57. The van der Waals surface area contributed by atoms with Gasteiger partial charge in [-0.2, -0.15) is 0 Å². The predicted molar refractivity (Wildman–Crippen MR) is 48.8 cm³/mol. The molecular formula is C10H15NO2. The third kappa shape index (κ3) is 2.10. The molecule has 1 saturated heterocycles. The number of nitrogens with zero attached hydrogens (tertiary/aromatic N) is 1. The summed E-state index contributed by atoms with van der Waals surface area (Å²) in [6.07, 6.45) is 7.31. The van der Waals surface area contributed by atoms with Crippen LogP contribution in [-0.2, 0) is 9.63 Å². The van der Waals surface area contributed by atoms with E-state index in [-0.39, 0.29) is 5.91 Å². The van der Waals surface area contributed by atoms with Crippen LogP contribution in [0.3, 0.4) is 0 Å². The van der Waals surface area contributed by atoms with E-state index >= 15 is 0 Å². The van der Waals surface area contributed by atoms with E-state index in [1.807, 2.05) is 0 Å². The van der Waals surface area contributed by atoms with Crippen molar-refractivity contribution >= 4 is 5.91 Å². The van der Waals surface area contributed by atoms with Crippen molar-refractivity contribution in [3.05, 3.63) is 11.6 Å². The van der Waals surface area contributed by atoms with Gasteiger partial charge in [0, 0.05) is 12.6 Å². The molecule has 72 valence electrons. The van der Waals surface area contributed by atoms with E-state index < -0.39 is 0 Å². The van der Waals surface area contributed by atoms with Gasteiger partial charge in [0.2, 0.25) is 0 Å². The fourth-order valence-corrected chi connectivity index (χ4v) is 1.54. The Balaban J connectivity index is 1.87. The van der Waals surface area contributed by atoms with Gasteiger partial charge in [-0.05, 0) is 32.1 Å². The van der Waals surface area contributed by atoms with Gasteiger partial charge in [0.15, 0.2) is 0 Å². The Labute approximate surface area is 78.3 Å². The quantitative estimate of drug-likeness (QED) is 0.576. The summed E-state index contributed by atoms with van der Waals surface area (Å²) >= 11 is 0. The van der Waals surface area contributed by atoms with Gasteiger partial charge in [0.25, 0.3) is 5.91 Å². The Morgan fingerprint density at radius 1 is 1.31 bits per heavy atom. The molecule has 1 aliphatic heterocycles. The molecule has 0 aromatic heterocycles. The zero-order valence-corrected chi connectivity index (χ0v) is 7.79. The van der Waals surface area contributed by atoms with E-state index in [9.17, 15) is 4.79 Å². The average Bonchev–Trinajstić information content (AvgIpc) is 2.12. The predicted octanol–water partition coefficient (Wildman–Crippen LogP) is 1.65. The molecule has 3 heteroatoms. The average molecular weight is 181 g/mol. The Morgan fingerprint density at radius 3 is 2.69 bits per heavy atom. The lowest BCUT2D eigenvalue weighted by atomic mass is 9.92. The second-order valence-electron chi connectivity index (χ2n) is 3.64. The molecule has 0 N–H and O–H groups in total. The van der Waals surface area contributed by atoms with E-state index in [0.717, 1.165) is 32.2 Å². The zero-order chi connectivity index (χ0) is 9.10. The molecule has 0 aromatic rings. The van der Waals surface area contributed by atoms with Crippen LogP contribution >= 0.6 is 0 Å². The van der Waals surface area contributed by atoms with Gasteiger partial charge in [-0.15, -0.1) is 0 Å². The van der Waals surface area contributed by atoms with Gasteiger partial charge in [0.05, 0.1) is 6.61 Å². The molecule has 0 aromatic carbocycles. The molecule has 0 spiro atoms. The smallest absolute Gasteiger partial charge is 0.270 e. The molecule has 0 atom stereocenters. The first-order valence-electron chi connectivity index (χ1n) is 5.00. The number of carbonyl (C=O) groups excluding carboxylic acids is 1. The largest absolute Gasteiger partial charge is 0.271 e. The Morgan fingerprint density at radius 2 is 2.15 bits per heavy atom. The summed E-state index contributed by atoms with van der Waals surface area (Å²) in [5.74, 6) is 0.0365. The van der Waals surface area contributed by atoms with Crippen LogP contribution in [0, 0.1) is 0 Å². The van der Waals surface area contributed by atoms with E-state index in [0.29, 0.717) is 6.61 Å². The molecule has 2 fully saturated rings. The van der Waals surface area contributed by atoms with Gasteiger partial charge >= 0.3 is 0 Å². The normalized spacial score (nSPS) is 22.5. The maximum Gasteiger partial charge on any atom is 0.270 e. The van der Waals surface area contributed by atoms with E-state index in [1.54, 1.807) is 6.08 Å². The van der Waals surface area contributed by atoms with Gasteiger partial charge in [-0.25, -0.2) is 5.06 Å². The molecule has 1 aliphatic carbocycles.